The van der Waals surface area contributed by atoms with Crippen LogP contribution in [0.4, 0.5) is 10.1 Å². The van der Waals surface area contributed by atoms with Gasteiger partial charge in [0, 0.05) is 62.0 Å². The minimum Gasteiger partial charge on any atom is -0.496 e. The van der Waals surface area contributed by atoms with E-state index in [0.29, 0.717) is 24.2 Å². The molecule has 3 aromatic rings. The highest BCUT2D eigenvalue weighted by Gasteiger charge is 2.70. The molecule has 52 heavy (non-hydrogen) atoms. The van der Waals surface area contributed by atoms with Crippen molar-refractivity contribution in [3.05, 3.63) is 67.8 Å². The third-order valence-electron chi connectivity index (χ3n) is 12.2. The van der Waals surface area contributed by atoms with Gasteiger partial charge in [-0.3, -0.25) is 14.5 Å². The smallest absolute Gasteiger partial charge is 0.341 e. The van der Waals surface area contributed by atoms with Crippen molar-refractivity contribution in [1.82, 2.24) is 18.8 Å². The summed E-state index contributed by atoms with van der Waals surface area (Å²) in [4.78, 5) is 46.5. The van der Waals surface area contributed by atoms with Crippen LogP contribution >= 0.6 is 0 Å². The van der Waals surface area contributed by atoms with E-state index < -0.39 is 33.5 Å². The van der Waals surface area contributed by atoms with Gasteiger partial charge in [0.1, 0.15) is 17.1 Å². The van der Waals surface area contributed by atoms with E-state index in [1.165, 1.54) is 16.3 Å². The van der Waals surface area contributed by atoms with Crippen molar-refractivity contribution >= 4 is 38.7 Å². The summed E-state index contributed by atoms with van der Waals surface area (Å²) < 4.78 is 62.5. The minimum absolute atomic E-state index is 0.0396. The zero-order chi connectivity index (χ0) is 36.9. The summed E-state index contributed by atoms with van der Waals surface area (Å²) in [6, 6.07) is 4.05. The number of likely N-dealkylation sites (N-methyl/N-ethyl adjacent to an activating group) is 1. The third kappa shape index (κ3) is 5.50. The lowest BCUT2D eigenvalue weighted by molar-refractivity contribution is 0.0727. The number of aryl methyl sites for hydroxylation is 2. The van der Waals surface area contributed by atoms with E-state index >= 15 is 4.39 Å². The van der Waals surface area contributed by atoms with E-state index in [1.807, 2.05) is 13.8 Å². The lowest BCUT2D eigenvalue weighted by Gasteiger charge is -2.41. The van der Waals surface area contributed by atoms with E-state index in [-0.39, 0.29) is 53.5 Å². The quantitative estimate of drug-likeness (QED) is 0.343. The number of carbonyl (C=O) groups excluding carboxylic acids is 2. The molecule has 2 aromatic carbocycles. The number of piperazine rings is 1. The van der Waals surface area contributed by atoms with Crippen molar-refractivity contribution in [3.8, 4) is 5.75 Å². The van der Waals surface area contributed by atoms with Crippen LogP contribution in [0.2, 0.25) is 0 Å². The SMILES string of the molecule is COC[C@H]1CN(c2cc(C)c3c4c(c(=O)oc3c2C)CN(C(=O)c2cc(OC)c(C(=O)NS(=O)(=O)N3C5CCC6(C5)CC36)cc2F)CC4)CCN1C. The molecule has 3 unspecified atom stereocenters. The van der Waals surface area contributed by atoms with Gasteiger partial charge in [0.25, 0.3) is 11.8 Å². The van der Waals surface area contributed by atoms with Crippen molar-refractivity contribution in [2.75, 3.05) is 59.0 Å². The number of fused-ring (bicyclic) bond motifs is 4. The first-order chi connectivity index (χ1) is 24.8. The molecule has 1 N–H and O–H groups in total. The Morgan fingerprint density at radius 3 is 2.58 bits per heavy atom. The van der Waals surface area contributed by atoms with Crippen molar-refractivity contribution < 1.29 is 36.3 Å². The monoisotopic (exact) mass is 737 g/mol. The van der Waals surface area contributed by atoms with E-state index in [4.69, 9.17) is 13.9 Å². The van der Waals surface area contributed by atoms with Crippen LogP contribution in [0, 0.1) is 25.1 Å². The predicted molar refractivity (Wildman–Crippen MR) is 191 cm³/mol. The number of piperidine rings is 2. The van der Waals surface area contributed by atoms with Crippen LogP contribution in [0.5, 0.6) is 5.75 Å². The molecule has 1 aromatic heterocycles. The average Bonchev–Trinajstić information content (AvgIpc) is 3.54. The molecule has 4 heterocycles. The number of nitrogens with zero attached hydrogens (tertiary/aromatic N) is 4. The lowest BCUT2D eigenvalue weighted by atomic mass is 9.92. The number of carbonyl (C=O) groups is 2. The number of amides is 2. The Hall–Kier alpha value is -4.05. The van der Waals surface area contributed by atoms with Gasteiger partial charge < -0.3 is 23.7 Å². The molecule has 5 aliphatic rings. The second-order valence-corrected chi connectivity index (χ2v) is 16.8. The van der Waals surface area contributed by atoms with Gasteiger partial charge in [0.2, 0.25) is 0 Å². The first-order valence-corrected chi connectivity index (χ1v) is 19.3. The Kier molecular flexibility index (Phi) is 8.43. The highest BCUT2D eigenvalue weighted by Crippen LogP contribution is 2.68. The molecule has 4 atom stereocenters. The molecular weight excluding hydrogens is 693 g/mol. The van der Waals surface area contributed by atoms with Crippen LogP contribution in [-0.2, 0) is 27.9 Å². The summed E-state index contributed by atoms with van der Waals surface area (Å²) in [7, 11) is 0.876. The summed E-state index contributed by atoms with van der Waals surface area (Å²) in [5.74, 6) is -2.90. The Labute approximate surface area is 301 Å². The molecule has 4 fully saturated rings. The summed E-state index contributed by atoms with van der Waals surface area (Å²) in [6.07, 6.45) is 3.69. The van der Waals surface area contributed by atoms with Crippen LogP contribution in [0.3, 0.4) is 0 Å². The molecule has 2 bridgehead atoms. The fourth-order valence-corrected chi connectivity index (χ4v) is 11.0. The average molecular weight is 738 g/mol. The van der Waals surface area contributed by atoms with Crippen LogP contribution in [-0.4, -0.2) is 107 Å². The topological polar surface area (TPSA) is 142 Å². The molecule has 0 radical (unpaired) electrons. The first kappa shape index (κ1) is 35.0. The van der Waals surface area contributed by atoms with Gasteiger partial charge >= 0.3 is 15.8 Å². The fraction of sp³-hybridized carbons (Fsp3) is 0.541. The van der Waals surface area contributed by atoms with Crippen LogP contribution in [0.1, 0.15) is 68.7 Å². The summed E-state index contributed by atoms with van der Waals surface area (Å²) in [5.41, 5.74) is 3.29. The van der Waals surface area contributed by atoms with Gasteiger partial charge in [-0.25, -0.2) is 13.9 Å². The molecule has 2 saturated heterocycles. The largest absolute Gasteiger partial charge is 0.496 e. The molecule has 8 rings (SSSR count). The van der Waals surface area contributed by atoms with Crippen LogP contribution < -0.4 is 20.0 Å². The van der Waals surface area contributed by atoms with Crippen LogP contribution in [0.15, 0.2) is 27.4 Å². The number of methoxy groups -OCH3 is 2. The van der Waals surface area contributed by atoms with Gasteiger partial charge in [-0.2, -0.15) is 12.7 Å². The zero-order valence-electron chi connectivity index (χ0n) is 30.1. The Morgan fingerprint density at radius 2 is 1.87 bits per heavy atom. The number of ether oxygens (including phenoxy) is 2. The lowest BCUT2D eigenvalue weighted by Crippen LogP contribution is -2.53. The third-order valence-corrected chi connectivity index (χ3v) is 13.8. The molecule has 1 spiro atoms. The van der Waals surface area contributed by atoms with Crippen molar-refractivity contribution in [2.24, 2.45) is 5.41 Å². The van der Waals surface area contributed by atoms with E-state index in [0.717, 1.165) is 85.2 Å². The van der Waals surface area contributed by atoms with E-state index in [2.05, 4.69) is 27.6 Å². The van der Waals surface area contributed by atoms with Gasteiger partial charge in [-0.05, 0) is 87.7 Å². The Bertz CT molecular complexity index is 2190. The molecule has 15 heteroatoms. The Balaban J connectivity index is 1.03. The molecule has 2 amide bonds. The first-order valence-electron chi connectivity index (χ1n) is 17.8. The number of halogens is 1. The summed E-state index contributed by atoms with van der Waals surface area (Å²) in [6.45, 7) is 7.14. The standard InChI is InChI=1S/C37H44FN5O8S/c1-20-12-29(41-11-10-40(3)23(17-41)19-49-4)21(2)33-32(20)24-7-9-42(18-27(24)36(46)51-33)35(45)25-14-30(50-5)26(13-28(25)38)34(44)39-52(47,48)43-22-6-8-37(15-22)16-31(37)43/h12-14,22-23,31H,6-11,15-19H2,1-5H3,(H,39,44)/t22?,23-,31?,37?/m1/s1. The van der Waals surface area contributed by atoms with Crippen molar-refractivity contribution in [1.29, 1.82) is 0 Å². The maximum Gasteiger partial charge on any atom is 0.341 e. The molecule has 2 aliphatic carbocycles. The zero-order valence-corrected chi connectivity index (χ0v) is 30.9. The highest BCUT2D eigenvalue weighted by molar-refractivity contribution is 7.87. The molecule has 2 saturated carbocycles. The molecule has 3 aliphatic heterocycles. The Morgan fingerprint density at radius 1 is 1.08 bits per heavy atom. The second kappa shape index (κ2) is 12.5. The number of anilines is 1. The second-order valence-electron chi connectivity index (χ2n) is 15.2. The predicted octanol–water partition coefficient (Wildman–Crippen LogP) is 3.12. The molecular formula is C37H44FN5O8S. The number of nitrogens with one attached hydrogen (secondary N) is 1. The van der Waals surface area contributed by atoms with Crippen LogP contribution in [0.25, 0.3) is 11.0 Å². The molecule has 13 nitrogen and oxygen atoms in total. The van der Waals surface area contributed by atoms with Crippen molar-refractivity contribution in [2.45, 2.75) is 70.6 Å². The number of rotatable bonds is 8. The normalized spacial score (nSPS) is 25.7. The number of benzene rings is 2. The maximum atomic E-state index is 15.7. The molecule has 278 valence electrons. The van der Waals surface area contributed by atoms with Gasteiger partial charge in [0.05, 0.1) is 43.0 Å². The van der Waals surface area contributed by atoms with E-state index in [9.17, 15) is 22.8 Å². The minimum atomic E-state index is -4.17. The van der Waals surface area contributed by atoms with Crippen molar-refractivity contribution in [3.63, 3.8) is 0 Å². The number of hydrogen-bond donors (Lipinski definition) is 1. The van der Waals surface area contributed by atoms with E-state index in [1.54, 1.807) is 7.11 Å². The fourth-order valence-electron chi connectivity index (χ4n) is 9.39. The van der Waals surface area contributed by atoms with Gasteiger partial charge in [0.15, 0.2) is 0 Å². The maximum absolute atomic E-state index is 15.7. The highest BCUT2D eigenvalue weighted by atomic mass is 32.2. The van der Waals surface area contributed by atoms with Gasteiger partial charge in [-0.1, -0.05) is 0 Å². The van der Waals surface area contributed by atoms with Gasteiger partial charge in [-0.15, -0.1) is 0 Å². The summed E-state index contributed by atoms with van der Waals surface area (Å²) in [5, 5.41) is 0.849. The number of hydrogen-bond acceptors (Lipinski definition) is 10. The summed E-state index contributed by atoms with van der Waals surface area (Å²) >= 11 is 0.